The average Bonchev–Trinajstić information content (AvgIpc) is 2.65. The van der Waals surface area contributed by atoms with E-state index in [1.54, 1.807) is 11.3 Å². The Morgan fingerprint density at radius 3 is 2.56 bits per heavy atom. The van der Waals surface area contributed by atoms with Crippen molar-refractivity contribution in [2.24, 2.45) is 0 Å². The minimum Gasteiger partial charge on any atom is -0.480 e. The zero-order valence-electron chi connectivity index (χ0n) is 11.7. The fraction of sp³-hybridized carbons (Fsp3) is 0.692. The van der Waals surface area contributed by atoms with Crippen LogP contribution in [0.5, 0.6) is 0 Å². The first-order valence-electron chi connectivity index (χ1n) is 6.13. The van der Waals surface area contributed by atoms with Gasteiger partial charge in [-0.1, -0.05) is 27.7 Å². The van der Waals surface area contributed by atoms with E-state index in [0.29, 0.717) is 13.0 Å². The molecule has 0 saturated carbocycles. The molecular formula is C13H22N2O2S. The number of likely N-dealkylation sites (N-methyl/N-ethyl adjacent to an activating group) is 1. The lowest BCUT2D eigenvalue weighted by atomic mass is 9.93. The first kappa shape index (κ1) is 15.1. The highest BCUT2D eigenvalue weighted by Gasteiger charge is 2.22. The molecule has 0 saturated heterocycles. The molecule has 0 bridgehead atoms. The second kappa shape index (κ2) is 5.80. The molecule has 1 aromatic rings. The van der Waals surface area contributed by atoms with Crippen LogP contribution in [0, 0.1) is 0 Å². The van der Waals surface area contributed by atoms with Gasteiger partial charge in [0.15, 0.2) is 0 Å². The number of carboxylic acids is 1. The smallest absolute Gasteiger partial charge is 0.320 e. The standard InChI is InChI=1S/C13H22N2O2S/c1-6-9(12(16)17)15(5)7-11-14-10(8-18-11)13(2,3)4/h8-9H,6-7H2,1-5H3,(H,16,17). The van der Waals surface area contributed by atoms with Crippen molar-refractivity contribution in [2.75, 3.05) is 7.05 Å². The number of carboxylic acid groups (broad SMARTS) is 1. The van der Waals surface area contributed by atoms with Gasteiger partial charge in [0.25, 0.3) is 0 Å². The van der Waals surface area contributed by atoms with Crippen molar-refractivity contribution < 1.29 is 9.90 Å². The second-order valence-corrected chi connectivity index (χ2v) is 6.50. The van der Waals surface area contributed by atoms with Crippen LogP contribution in [0.3, 0.4) is 0 Å². The van der Waals surface area contributed by atoms with Crippen molar-refractivity contribution in [3.8, 4) is 0 Å². The van der Waals surface area contributed by atoms with Gasteiger partial charge in [-0.15, -0.1) is 11.3 Å². The largest absolute Gasteiger partial charge is 0.480 e. The molecule has 1 aromatic heterocycles. The Morgan fingerprint density at radius 2 is 2.17 bits per heavy atom. The van der Waals surface area contributed by atoms with E-state index < -0.39 is 12.0 Å². The summed E-state index contributed by atoms with van der Waals surface area (Å²) in [4.78, 5) is 17.5. The van der Waals surface area contributed by atoms with E-state index in [1.165, 1.54) is 0 Å². The van der Waals surface area contributed by atoms with Gasteiger partial charge in [-0.05, 0) is 13.5 Å². The summed E-state index contributed by atoms with van der Waals surface area (Å²) in [5.41, 5.74) is 1.11. The van der Waals surface area contributed by atoms with Crippen molar-refractivity contribution in [1.29, 1.82) is 0 Å². The molecule has 0 fully saturated rings. The number of hydrogen-bond donors (Lipinski definition) is 1. The van der Waals surface area contributed by atoms with Crippen LogP contribution in [-0.4, -0.2) is 34.0 Å². The van der Waals surface area contributed by atoms with Gasteiger partial charge in [0, 0.05) is 10.8 Å². The predicted molar refractivity (Wildman–Crippen MR) is 74.0 cm³/mol. The Bertz CT molecular complexity index is 409. The lowest BCUT2D eigenvalue weighted by Gasteiger charge is -2.22. The topological polar surface area (TPSA) is 53.4 Å². The van der Waals surface area contributed by atoms with Gasteiger partial charge in [-0.3, -0.25) is 9.69 Å². The molecule has 0 radical (unpaired) electrons. The van der Waals surface area contributed by atoms with Gasteiger partial charge in [-0.25, -0.2) is 4.98 Å². The van der Waals surface area contributed by atoms with Crippen LogP contribution in [0.15, 0.2) is 5.38 Å². The molecule has 18 heavy (non-hydrogen) atoms. The number of aliphatic carboxylic acids is 1. The SMILES string of the molecule is CCC(C(=O)O)N(C)Cc1nc(C(C)(C)C)cs1. The third-order valence-corrected chi connectivity index (χ3v) is 3.74. The fourth-order valence-corrected chi connectivity index (χ4v) is 2.81. The van der Waals surface area contributed by atoms with Gasteiger partial charge < -0.3 is 5.11 Å². The highest BCUT2D eigenvalue weighted by molar-refractivity contribution is 7.09. The van der Waals surface area contributed by atoms with Crippen LogP contribution in [0.1, 0.15) is 44.8 Å². The summed E-state index contributed by atoms with van der Waals surface area (Å²) in [6, 6.07) is -0.438. The van der Waals surface area contributed by atoms with Crippen molar-refractivity contribution >= 4 is 17.3 Å². The first-order chi connectivity index (χ1) is 8.25. The maximum Gasteiger partial charge on any atom is 0.320 e. The lowest BCUT2D eigenvalue weighted by Crippen LogP contribution is -2.37. The Labute approximate surface area is 113 Å². The molecule has 1 atom stereocenters. The summed E-state index contributed by atoms with van der Waals surface area (Å²) in [5.74, 6) is -0.771. The van der Waals surface area contributed by atoms with E-state index in [1.807, 2.05) is 18.9 Å². The molecular weight excluding hydrogens is 248 g/mol. The van der Waals surface area contributed by atoms with E-state index in [-0.39, 0.29) is 5.41 Å². The molecule has 1 heterocycles. The second-order valence-electron chi connectivity index (χ2n) is 5.55. The monoisotopic (exact) mass is 270 g/mol. The van der Waals surface area contributed by atoms with Gasteiger partial charge in [-0.2, -0.15) is 0 Å². The molecule has 1 N–H and O–H groups in total. The number of hydrogen-bond acceptors (Lipinski definition) is 4. The fourth-order valence-electron chi connectivity index (χ4n) is 1.73. The molecule has 4 nitrogen and oxygen atoms in total. The van der Waals surface area contributed by atoms with Gasteiger partial charge >= 0.3 is 5.97 Å². The molecule has 0 aromatic carbocycles. The van der Waals surface area contributed by atoms with Crippen LogP contribution in [0.2, 0.25) is 0 Å². The summed E-state index contributed by atoms with van der Waals surface area (Å²) in [6.45, 7) is 8.86. The molecule has 5 heteroatoms. The normalized spacial score (nSPS) is 13.9. The van der Waals surface area contributed by atoms with E-state index in [0.717, 1.165) is 10.7 Å². The van der Waals surface area contributed by atoms with Gasteiger partial charge in [0.05, 0.1) is 12.2 Å². The Balaban J connectivity index is 2.73. The Hall–Kier alpha value is -0.940. The lowest BCUT2D eigenvalue weighted by molar-refractivity contribution is -0.143. The molecule has 0 aliphatic heterocycles. The van der Waals surface area contributed by atoms with Crippen molar-refractivity contribution in [3.63, 3.8) is 0 Å². The summed E-state index contributed by atoms with van der Waals surface area (Å²) in [6.07, 6.45) is 0.601. The zero-order chi connectivity index (χ0) is 13.9. The number of thiazole rings is 1. The molecule has 0 aliphatic rings. The van der Waals surface area contributed by atoms with Crippen LogP contribution in [0.25, 0.3) is 0 Å². The molecule has 0 aliphatic carbocycles. The first-order valence-corrected chi connectivity index (χ1v) is 7.01. The number of carbonyl (C=O) groups is 1. The highest BCUT2D eigenvalue weighted by atomic mass is 32.1. The van der Waals surface area contributed by atoms with Gasteiger partial charge in [0.1, 0.15) is 11.0 Å². The predicted octanol–water partition coefficient (Wildman–Crippen LogP) is 2.74. The maximum atomic E-state index is 11.1. The minimum atomic E-state index is -0.771. The highest BCUT2D eigenvalue weighted by Crippen LogP contribution is 2.24. The van der Waals surface area contributed by atoms with Crippen molar-refractivity contribution in [1.82, 2.24) is 9.88 Å². The molecule has 0 amide bonds. The molecule has 0 spiro atoms. The number of aromatic nitrogens is 1. The summed E-state index contributed by atoms with van der Waals surface area (Å²) in [5, 5.41) is 12.1. The molecule has 1 unspecified atom stereocenters. The summed E-state index contributed by atoms with van der Waals surface area (Å²) >= 11 is 1.60. The molecule has 1 rings (SSSR count). The zero-order valence-corrected chi connectivity index (χ0v) is 12.5. The van der Waals surface area contributed by atoms with Crippen LogP contribution in [-0.2, 0) is 16.8 Å². The van der Waals surface area contributed by atoms with E-state index >= 15 is 0 Å². The minimum absolute atomic E-state index is 0.0459. The third-order valence-electron chi connectivity index (χ3n) is 2.91. The van der Waals surface area contributed by atoms with Crippen molar-refractivity contribution in [2.45, 2.75) is 52.1 Å². The summed E-state index contributed by atoms with van der Waals surface area (Å²) < 4.78 is 0. The number of rotatable bonds is 5. The Morgan fingerprint density at radius 1 is 1.56 bits per heavy atom. The van der Waals surface area contributed by atoms with E-state index in [2.05, 4.69) is 31.1 Å². The quantitative estimate of drug-likeness (QED) is 0.894. The van der Waals surface area contributed by atoms with Crippen LogP contribution >= 0.6 is 11.3 Å². The Kier molecular flexibility index (Phi) is 4.87. The average molecular weight is 270 g/mol. The third kappa shape index (κ3) is 3.78. The molecule has 102 valence electrons. The van der Waals surface area contributed by atoms with Crippen LogP contribution in [0.4, 0.5) is 0 Å². The van der Waals surface area contributed by atoms with E-state index in [4.69, 9.17) is 5.11 Å². The summed E-state index contributed by atoms with van der Waals surface area (Å²) in [7, 11) is 1.83. The van der Waals surface area contributed by atoms with Crippen molar-refractivity contribution in [3.05, 3.63) is 16.1 Å². The maximum absolute atomic E-state index is 11.1. The number of nitrogens with zero attached hydrogens (tertiary/aromatic N) is 2. The van der Waals surface area contributed by atoms with E-state index in [9.17, 15) is 4.79 Å². The van der Waals surface area contributed by atoms with Crippen LogP contribution < -0.4 is 0 Å². The van der Waals surface area contributed by atoms with Gasteiger partial charge in [0.2, 0.25) is 0 Å².